The molecule has 0 aliphatic heterocycles. The van der Waals surface area contributed by atoms with Crippen LogP contribution >= 0.6 is 15.9 Å². The zero-order chi connectivity index (χ0) is 15.0. The molecule has 4 heteroatoms. The van der Waals surface area contributed by atoms with Crippen LogP contribution < -0.4 is 0 Å². The Hall–Kier alpha value is -1.03. The Balaban J connectivity index is 2.36. The molecule has 0 aliphatic rings. The molecule has 0 radical (unpaired) electrons. The van der Waals surface area contributed by atoms with Crippen LogP contribution in [0.1, 0.15) is 61.4 Å². The van der Waals surface area contributed by atoms with Gasteiger partial charge in [0.15, 0.2) is 0 Å². The van der Waals surface area contributed by atoms with Crippen molar-refractivity contribution in [2.75, 3.05) is 6.61 Å². The number of phenolic OH excluding ortho intramolecular Hbond substituents is 1. The van der Waals surface area contributed by atoms with Crippen LogP contribution in [0, 0.1) is 6.92 Å². The minimum absolute atomic E-state index is 0.00106. The van der Waals surface area contributed by atoms with Crippen LogP contribution in [0.15, 0.2) is 16.6 Å². The Labute approximate surface area is 129 Å². The molecule has 0 aliphatic carbocycles. The molecule has 0 spiro atoms. The van der Waals surface area contributed by atoms with E-state index in [1.807, 2.05) is 0 Å². The van der Waals surface area contributed by atoms with Crippen molar-refractivity contribution in [3.8, 4) is 5.75 Å². The van der Waals surface area contributed by atoms with Gasteiger partial charge < -0.3 is 9.84 Å². The summed E-state index contributed by atoms with van der Waals surface area (Å²) < 4.78 is 5.97. The fourth-order valence-electron chi connectivity index (χ4n) is 2.02. The third-order valence-corrected chi connectivity index (χ3v) is 3.67. The third kappa shape index (κ3) is 5.53. The van der Waals surface area contributed by atoms with Gasteiger partial charge in [-0.2, -0.15) is 0 Å². The Morgan fingerprint density at radius 2 is 1.85 bits per heavy atom. The first-order chi connectivity index (χ1) is 9.56. The van der Waals surface area contributed by atoms with E-state index in [0.717, 1.165) is 17.3 Å². The van der Waals surface area contributed by atoms with E-state index >= 15 is 0 Å². The van der Waals surface area contributed by atoms with E-state index in [0.29, 0.717) is 12.2 Å². The van der Waals surface area contributed by atoms with Gasteiger partial charge >= 0.3 is 5.97 Å². The number of halogens is 1. The lowest BCUT2D eigenvalue weighted by Crippen LogP contribution is -2.07. The van der Waals surface area contributed by atoms with Gasteiger partial charge in [-0.05, 0) is 31.0 Å². The van der Waals surface area contributed by atoms with E-state index in [4.69, 9.17) is 4.74 Å². The number of benzene rings is 1. The van der Waals surface area contributed by atoms with Crippen molar-refractivity contribution in [1.29, 1.82) is 0 Å². The van der Waals surface area contributed by atoms with Gasteiger partial charge in [0.2, 0.25) is 0 Å². The Morgan fingerprint density at radius 3 is 2.55 bits per heavy atom. The van der Waals surface area contributed by atoms with E-state index in [1.54, 1.807) is 19.1 Å². The molecule has 0 heterocycles. The molecule has 112 valence electrons. The number of aryl methyl sites for hydroxylation is 1. The number of rotatable bonds is 8. The molecule has 0 saturated carbocycles. The number of carbonyl (C=O) groups is 1. The maximum absolute atomic E-state index is 11.9. The smallest absolute Gasteiger partial charge is 0.341 e. The van der Waals surface area contributed by atoms with E-state index in [-0.39, 0.29) is 11.3 Å². The number of unbranched alkanes of at least 4 members (excludes halogenated alkanes) is 5. The Kier molecular flexibility index (Phi) is 7.67. The molecular formula is C16H23BrO3. The average Bonchev–Trinajstić information content (AvgIpc) is 2.41. The highest BCUT2D eigenvalue weighted by Crippen LogP contribution is 2.27. The van der Waals surface area contributed by atoms with E-state index < -0.39 is 5.97 Å². The predicted molar refractivity (Wildman–Crippen MR) is 84.2 cm³/mol. The van der Waals surface area contributed by atoms with E-state index in [1.165, 1.54) is 25.7 Å². The van der Waals surface area contributed by atoms with Crippen molar-refractivity contribution in [3.63, 3.8) is 0 Å². The van der Waals surface area contributed by atoms with E-state index in [9.17, 15) is 9.90 Å². The quantitative estimate of drug-likeness (QED) is 0.535. The molecule has 20 heavy (non-hydrogen) atoms. The molecule has 0 bridgehead atoms. The number of ether oxygens (including phenoxy) is 1. The molecule has 0 amide bonds. The lowest BCUT2D eigenvalue weighted by Gasteiger charge is -2.08. The van der Waals surface area contributed by atoms with Gasteiger partial charge in [0.05, 0.1) is 6.61 Å². The van der Waals surface area contributed by atoms with Crippen LogP contribution in [-0.2, 0) is 4.74 Å². The maximum atomic E-state index is 11.9. The molecule has 0 unspecified atom stereocenters. The lowest BCUT2D eigenvalue weighted by molar-refractivity contribution is 0.0494. The van der Waals surface area contributed by atoms with Crippen LogP contribution in [0.3, 0.4) is 0 Å². The molecule has 1 aromatic carbocycles. The summed E-state index contributed by atoms with van der Waals surface area (Å²) >= 11 is 3.31. The molecule has 0 atom stereocenters. The summed E-state index contributed by atoms with van der Waals surface area (Å²) in [6, 6.07) is 3.35. The number of esters is 1. The average molecular weight is 343 g/mol. The fraction of sp³-hybridized carbons (Fsp3) is 0.562. The highest BCUT2D eigenvalue weighted by molar-refractivity contribution is 9.10. The van der Waals surface area contributed by atoms with Gasteiger partial charge in [-0.3, -0.25) is 0 Å². The molecule has 0 aromatic heterocycles. The maximum Gasteiger partial charge on any atom is 0.341 e. The molecule has 0 saturated heterocycles. The molecular weight excluding hydrogens is 320 g/mol. The number of hydrogen-bond donors (Lipinski definition) is 1. The summed E-state index contributed by atoms with van der Waals surface area (Å²) in [6.07, 6.45) is 6.89. The van der Waals surface area contributed by atoms with Crippen LogP contribution in [0.4, 0.5) is 0 Å². The van der Waals surface area contributed by atoms with Crippen molar-refractivity contribution in [2.24, 2.45) is 0 Å². The number of carbonyl (C=O) groups excluding carboxylic acids is 1. The summed E-state index contributed by atoms with van der Waals surface area (Å²) in [5, 5.41) is 9.87. The summed E-state index contributed by atoms with van der Waals surface area (Å²) in [6.45, 7) is 4.36. The number of hydrogen-bond acceptors (Lipinski definition) is 3. The first-order valence-electron chi connectivity index (χ1n) is 7.22. The largest absolute Gasteiger partial charge is 0.507 e. The number of aromatic hydroxyl groups is 1. The zero-order valence-corrected chi connectivity index (χ0v) is 13.8. The van der Waals surface area contributed by atoms with E-state index in [2.05, 4.69) is 22.9 Å². The van der Waals surface area contributed by atoms with Gasteiger partial charge in [0, 0.05) is 4.47 Å². The topological polar surface area (TPSA) is 46.5 Å². The van der Waals surface area contributed by atoms with Crippen molar-refractivity contribution < 1.29 is 14.6 Å². The van der Waals surface area contributed by atoms with Crippen molar-refractivity contribution in [3.05, 3.63) is 27.7 Å². The fourth-order valence-corrected chi connectivity index (χ4v) is 2.59. The Bertz CT molecular complexity index is 444. The summed E-state index contributed by atoms with van der Waals surface area (Å²) in [7, 11) is 0. The van der Waals surface area contributed by atoms with Crippen LogP contribution in [0.2, 0.25) is 0 Å². The first kappa shape index (κ1) is 17.0. The van der Waals surface area contributed by atoms with Gasteiger partial charge in [0.1, 0.15) is 11.3 Å². The van der Waals surface area contributed by atoms with Gasteiger partial charge in [-0.25, -0.2) is 4.79 Å². The van der Waals surface area contributed by atoms with Crippen molar-refractivity contribution in [2.45, 2.75) is 52.4 Å². The number of phenols is 1. The molecule has 1 N–H and O–H groups in total. The zero-order valence-electron chi connectivity index (χ0n) is 12.2. The normalized spacial score (nSPS) is 10.6. The summed E-state index contributed by atoms with van der Waals surface area (Å²) in [5.74, 6) is -0.457. The monoisotopic (exact) mass is 342 g/mol. The van der Waals surface area contributed by atoms with Crippen LogP contribution in [-0.4, -0.2) is 17.7 Å². The standard InChI is InChI=1S/C16H23BrO3/c1-3-4-5-6-7-8-9-20-16(19)14-11-13(17)10-12(2)15(14)18/h10-11,18H,3-9H2,1-2H3. The minimum atomic E-state index is -0.458. The van der Waals surface area contributed by atoms with Gasteiger partial charge in [0.25, 0.3) is 0 Å². The minimum Gasteiger partial charge on any atom is -0.507 e. The summed E-state index contributed by atoms with van der Waals surface area (Å²) in [4.78, 5) is 11.9. The molecule has 0 fully saturated rings. The lowest BCUT2D eigenvalue weighted by atomic mass is 10.1. The van der Waals surface area contributed by atoms with Crippen molar-refractivity contribution >= 4 is 21.9 Å². The first-order valence-corrected chi connectivity index (χ1v) is 8.01. The molecule has 1 rings (SSSR count). The Morgan fingerprint density at radius 1 is 1.20 bits per heavy atom. The van der Waals surface area contributed by atoms with Crippen LogP contribution in [0.5, 0.6) is 5.75 Å². The molecule has 3 nitrogen and oxygen atoms in total. The second-order valence-electron chi connectivity index (χ2n) is 5.02. The predicted octanol–water partition coefficient (Wildman–Crippen LogP) is 4.98. The second kappa shape index (κ2) is 9.01. The van der Waals surface area contributed by atoms with Crippen LogP contribution in [0.25, 0.3) is 0 Å². The summed E-state index contributed by atoms with van der Waals surface area (Å²) in [5.41, 5.74) is 0.883. The highest BCUT2D eigenvalue weighted by atomic mass is 79.9. The molecule has 1 aromatic rings. The van der Waals surface area contributed by atoms with Crippen molar-refractivity contribution in [1.82, 2.24) is 0 Å². The second-order valence-corrected chi connectivity index (χ2v) is 5.94. The SMILES string of the molecule is CCCCCCCCOC(=O)c1cc(Br)cc(C)c1O. The van der Waals surface area contributed by atoms with Gasteiger partial charge in [-0.15, -0.1) is 0 Å². The highest BCUT2D eigenvalue weighted by Gasteiger charge is 2.15. The third-order valence-electron chi connectivity index (χ3n) is 3.22. The van der Waals surface area contributed by atoms with Gasteiger partial charge in [-0.1, -0.05) is 55.0 Å².